The molecule has 0 unspecified atom stereocenters. The Balaban J connectivity index is 0.841. The van der Waals surface area contributed by atoms with Crippen molar-refractivity contribution in [3.63, 3.8) is 0 Å². The predicted molar refractivity (Wildman–Crippen MR) is 285 cm³/mol. The summed E-state index contributed by atoms with van der Waals surface area (Å²) in [4.78, 5) is 20.6. The van der Waals surface area contributed by atoms with Gasteiger partial charge in [0.1, 0.15) is 22.3 Å². The molecular weight excluding hydrogens is 857 g/mol. The average molecular weight is 895 g/mol. The highest BCUT2D eigenvalue weighted by molar-refractivity contribution is 6.27. The maximum atomic E-state index is 6.60. The van der Waals surface area contributed by atoms with Crippen LogP contribution < -0.4 is 0 Å². The van der Waals surface area contributed by atoms with Gasteiger partial charge in [0.05, 0.1) is 11.2 Å². The number of rotatable bonds is 7. The molecule has 6 nitrogen and oxygen atoms in total. The maximum absolute atomic E-state index is 6.60. The summed E-state index contributed by atoms with van der Waals surface area (Å²) in [5.41, 5.74) is 15.5. The lowest BCUT2D eigenvalue weighted by Gasteiger charge is -2.16. The first-order chi connectivity index (χ1) is 34.7. The number of benzene rings is 10. The van der Waals surface area contributed by atoms with Gasteiger partial charge in [-0.05, 0) is 52.6 Å². The van der Waals surface area contributed by atoms with Crippen LogP contribution in [0.5, 0.6) is 0 Å². The van der Waals surface area contributed by atoms with Crippen LogP contribution in [0, 0.1) is 0 Å². The van der Waals surface area contributed by atoms with Crippen LogP contribution in [0.15, 0.2) is 239 Å². The summed E-state index contributed by atoms with van der Waals surface area (Å²) >= 11 is 0. The fraction of sp³-hybridized carbons (Fsp3) is 0. The Kier molecular flexibility index (Phi) is 9.10. The van der Waals surface area contributed by atoms with Gasteiger partial charge in [-0.15, -0.1) is 0 Å². The topological polar surface area (TPSA) is 77.8 Å². The van der Waals surface area contributed by atoms with Crippen molar-refractivity contribution >= 4 is 65.6 Å². The molecule has 0 N–H and O–H groups in total. The predicted octanol–water partition coefficient (Wildman–Crippen LogP) is 17.0. The lowest BCUT2D eigenvalue weighted by molar-refractivity contribution is 0.669. The molecule has 10 aromatic carbocycles. The molecule has 6 heteroatoms. The molecule has 0 bridgehead atoms. The molecule has 4 aromatic heterocycles. The van der Waals surface area contributed by atoms with Gasteiger partial charge in [-0.1, -0.05) is 200 Å². The zero-order valence-corrected chi connectivity index (χ0v) is 37.5. The SMILES string of the molecule is c1ccc(-c2nc(-c3ccc(-c4ccc(-c5nc6ccccc6c6c(-c7ccccc7)c7c(cc56)oc5ccccc57)cc4)cc3)nc(-c3cccc(-c4cccc5c4oc4ccccc45)c3)n2)cc1. The number of pyridine rings is 1. The molecule has 0 spiro atoms. The summed E-state index contributed by atoms with van der Waals surface area (Å²) in [5, 5.41) is 7.72. The monoisotopic (exact) mass is 894 g/mol. The van der Waals surface area contributed by atoms with Gasteiger partial charge in [0.15, 0.2) is 17.5 Å². The maximum Gasteiger partial charge on any atom is 0.164 e. The molecule has 14 aromatic rings. The van der Waals surface area contributed by atoms with Crippen LogP contribution in [0.3, 0.4) is 0 Å². The standard InChI is InChI=1S/C64H38N4O2/c1-3-15-41(16-4-1)57-58-50-22-7-10-26-53(50)65-60(52(58)38-56-59(57)51-23-9-12-28-55(51)69-56)42-33-29-39(30-34-42)40-31-35-44(36-32-40)63-66-62(43-17-5-2-6-18-43)67-64(68-63)46-20-13-19-45(37-46)47-24-14-25-49-48-21-8-11-27-54(48)70-61(47)49/h1-38H. The van der Waals surface area contributed by atoms with E-state index in [-0.39, 0.29) is 0 Å². The number of para-hydroxylation sites is 4. The Hall–Kier alpha value is -9.52. The lowest BCUT2D eigenvalue weighted by atomic mass is 9.89. The first-order valence-corrected chi connectivity index (χ1v) is 23.4. The van der Waals surface area contributed by atoms with Crippen LogP contribution in [0.1, 0.15) is 0 Å². The van der Waals surface area contributed by atoms with E-state index < -0.39 is 0 Å². The normalized spacial score (nSPS) is 11.7. The summed E-state index contributed by atoms with van der Waals surface area (Å²) < 4.78 is 13.0. The molecule has 0 aliphatic heterocycles. The van der Waals surface area contributed by atoms with E-state index in [1.807, 2.05) is 60.7 Å². The van der Waals surface area contributed by atoms with Crippen molar-refractivity contribution in [3.8, 4) is 78.8 Å². The first kappa shape index (κ1) is 39.6. The van der Waals surface area contributed by atoms with E-state index in [0.717, 1.165) is 127 Å². The fourth-order valence-electron chi connectivity index (χ4n) is 10.2. The van der Waals surface area contributed by atoms with E-state index in [9.17, 15) is 0 Å². The van der Waals surface area contributed by atoms with Crippen LogP contribution in [-0.4, -0.2) is 19.9 Å². The number of nitrogens with zero attached hydrogens (tertiary/aromatic N) is 4. The molecule has 0 saturated carbocycles. The summed E-state index contributed by atoms with van der Waals surface area (Å²) in [6.45, 7) is 0. The van der Waals surface area contributed by atoms with Gasteiger partial charge in [-0.3, -0.25) is 0 Å². The number of hydrogen-bond donors (Lipinski definition) is 0. The van der Waals surface area contributed by atoms with Gasteiger partial charge in [0.25, 0.3) is 0 Å². The van der Waals surface area contributed by atoms with Crippen molar-refractivity contribution < 1.29 is 8.83 Å². The third-order valence-corrected chi connectivity index (χ3v) is 13.5. The fourth-order valence-corrected chi connectivity index (χ4v) is 10.2. The highest BCUT2D eigenvalue weighted by Crippen LogP contribution is 2.46. The average Bonchev–Trinajstić information content (AvgIpc) is 4.01. The molecular formula is C64H38N4O2. The van der Waals surface area contributed by atoms with Crippen LogP contribution in [0.25, 0.3) is 144 Å². The summed E-state index contributed by atoms with van der Waals surface area (Å²) in [5.74, 6) is 1.80. The van der Waals surface area contributed by atoms with Gasteiger partial charge in [0.2, 0.25) is 0 Å². The third-order valence-electron chi connectivity index (χ3n) is 13.5. The molecule has 0 aliphatic rings. The Morgan fingerprint density at radius 1 is 0.271 bits per heavy atom. The molecule has 70 heavy (non-hydrogen) atoms. The van der Waals surface area contributed by atoms with Crippen molar-refractivity contribution in [2.75, 3.05) is 0 Å². The summed E-state index contributed by atoms with van der Waals surface area (Å²) in [6.07, 6.45) is 0. The summed E-state index contributed by atoms with van der Waals surface area (Å²) in [7, 11) is 0. The van der Waals surface area contributed by atoms with Crippen molar-refractivity contribution in [3.05, 3.63) is 231 Å². The number of fused-ring (bicyclic) bond motifs is 9. The molecule has 326 valence electrons. The number of hydrogen-bond acceptors (Lipinski definition) is 6. The molecule has 0 aliphatic carbocycles. The zero-order chi connectivity index (χ0) is 46.1. The molecule has 0 atom stereocenters. The second-order valence-electron chi connectivity index (χ2n) is 17.7. The lowest BCUT2D eigenvalue weighted by Crippen LogP contribution is -2.00. The Morgan fingerprint density at radius 3 is 1.51 bits per heavy atom. The van der Waals surface area contributed by atoms with Gasteiger partial charge >= 0.3 is 0 Å². The van der Waals surface area contributed by atoms with E-state index >= 15 is 0 Å². The molecule has 14 rings (SSSR count). The molecule has 0 saturated heterocycles. The van der Waals surface area contributed by atoms with Gasteiger partial charge in [0, 0.05) is 71.1 Å². The van der Waals surface area contributed by atoms with Crippen LogP contribution in [0.4, 0.5) is 0 Å². The van der Waals surface area contributed by atoms with Gasteiger partial charge < -0.3 is 8.83 Å². The van der Waals surface area contributed by atoms with Crippen molar-refractivity contribution in [1.82, 2.24) is 19.9 Å². The molecule has 0 amide bonds. The van der Waals surface area contributed by atoms with Crippen LogP contribution >= 0.6 is 0 Å². The highest BCUT2D eigenvalue weighted by Gasteiger charge is 2.22. The highest BCUT2D eigenvalue weighted by atomic mass is 16.3. The van der Waals surface area contributed by atoms with E-state index in [1.54, 1.807) is 0 Å². The summed E-state index contributed by atoms with van der Waals surface area (Å²) in [6, 6.07) is 79.7. The van der Waals surface area contributed by atoms with Gasteiger partial charge in [-0.25, -0.2) is 19.9 Å². The van der Waals surface area contributed by atoms with Crippen LogP contribution in [0.2, 0.25) is 0 Å². The molecule has 4 heterocycles. The van der Waals surface area contributed by atoms with E-state index in [2.05, 4.69) is 170 Å². The minimum Gasteiger partial charge on any atom is -0.456 e. The first-order valence-electron chi connectivity index (χ1n) is 23.4. The van der Waals surface area contributed by atoms with Gasteiger partial charge in [-0.2, -0.15) is 0 Å². The smallest absolute Gasteiger partial charge is 0.164 e. The zero-order valence-electron chi connectivity index (χ0n) is 37.5. The van der Waals surface area contributed by atoms with E-state index in [0.29, 0.717) is 17.5 Å². The molecule has 0 fully saturated rings. The number of furan rings is 2. The number of aromatic nitrogens is 4. The minimum atomic E-state index is 0.592. The Morgan fingerprint density at radius 2 is 0.786 bits per heavy atom. The van der Waals surface area contributed by atoms with Crippen LogP contribution in [-0.2, 0) is 0 Å². The third kappa shape index (κ3) is 6.57. The Labute approximate surface area is 401 Å². The quantitative estimate of drug-likeness (QED) is 0.148. The second kappa shape index (κ2) is 16.1. The van der Waals surface area contributed by atoms with E-state index in [1.165, 1.54) is 0 Å². The van der Waals surface area contributed by atoms with E-state index in [4.69, 9.17) is 28.8 Å². The van der Waals surface area contributed by atoms with Crippen molar-refractivity contribution in [2.24, 2.45) is 0 Å². The van der Waals surface area contributed by atoms with Crippen molar-refractivity contribution in [1.29, 1.82) is 0 Å². The molecule has 0 radical (unpaired) electrons. The second-order valence-corrected chi connectivity index (χ2v) is 17.7. The largest absolute Gasteiger partial charge is 0.456 e. The minimum absolute atomic E-state index is 0.592. The Bertz CT molecular complexity index is 4330. The van der Waals surface area contributed by atoms with Crippen molar-refractivity contribution in [2.45, 2.75) is 0 Å².